The summed E-state index contributed by atoms with van der Waals surface area (Å²) in [6.07, 6.45) is 2.86. The van der Waals surface area contributed by atoms with Crippen molar-refractivity contribution in [2.75, 3.05) is 13.2 Å². The van der Waals surface area contributed by atoms with Gasteiger partial charge in [0.15, 0.2) is 11.4 Å². The number of allylic oxidation sites excluding steroid dienone is 1. The number of hydrogen-bond acceptors (Lipinski definition) is 8. The lowest BCUT2D eigenvalue weighted by Gasteiger charge is -2.37. The topological polar surface area (TPSA) is 156 Å². The Labute approximate surface area is 333 Å². The molecule has 0 bridgehead atoms. The lowest BCUT2D eigenvalue weighted by molar-refractivity contribution is -0.144. The van der Waals surface area contributed by atoms with Gasteiger partial charge in [-0.05, 0) is 82.8 Å². The number of aromatic nitrogens is 1. The highest BCUT2D eigenvalue weighted by molar-refractivity contribution is 7.85. The minimum atomic E-state index is -4.87. The number of pyridine rings is 1. The first-order valence-electron chi connectivity index (χ1n) is 19.9. The first kappa shape index (κ1) is 41.0. The molecule has 2 saturated carbocycles. The molecular formula is C41H52F3N5O7S. The standard InChI is InChI=1S/C41H52F3N5O7S/c1-24-13-14-28-27(19-24)26-15-16-39(56-31(26)32(45-28)41(42,43)44)21-30-33(50)47-40(35(52)48-57(54)38(5)17-18-38)20-25(40)11-9-7-6-8-10-12-29(34(51)49(30)22-39)46-36(53)55-23-37(2,3)4/h9,11,13-14,19,25,29-30H,6-8,10,12,15-18,20-23H2,1-5H3,(H,46,53)(H,47,50)(H,48,52)/b11-9-/t25-,29+,30+,39-,40-,57?/m1/s1. The van der Waals surface area contributed by atoms with E-state index in [1.54, 1.807) is 18.2 Å². The summed E-state index contributed by atoms with van der Waals surface area (Å²) in [5.41, 5.74) is -3.05. The van der Waals surface area contributed by atoms with Crippen LogP contribution in [0.25, 0.3) is 10.9 Å². The summed E-state index contributed by atoms with van der Waals surface area (Å²) in [5, 5.41) is 6.16. The number of ether oxygens (including phenoxy) is 2. The normalized spacial score (nSPS) is 29.7. The highest BCUT2D eigenvalue weighted by atomic mass is 32.2. The quantitative estimate of drug-likeness (QED) is 0.306. The SMILES string of the molecule is Cc1ccc2nc(C(F)(F)F)c3c(c2c1)CC[C@]1(C[C@H]2C(=O)N[C@]4(C(=O)NS(=O)C5(C)CC5)C[C@H]4/C=C\CCCCC[C@H](NC(=O)OCC(C)(C)C)C(=O)N2C1)O3. The second kappa shape index (κ2) is 14.9. The number of halogens is 3. The molecule has 16 heteroatoms. The third-order valence-corrected chi connectivity index (χ3v) is 13.6. The molecule has 1 aromatic heterocycles. The second-order valence-corrected chi connectivity index (χ2v) is 19.8. The molecule has 3 N–H and O–H groups in total. The molecule has 1 unspecified atom stereocenters. The number of nitrogens with one attached hydrogen (secondary N) is 3. The molecular weight excluding hydrogens is 764 g/mol. The van der Waals surface area contributed by atoms with E-state index in [2.05, 4.69) is 20.3 Å². The Morgan fingerprint density at radius 3 is 2.56 bits per heavy atom. The van der Waals surface area contributed by atoms with E-state index in [0.717, 1.165) is 12.0 Å². The zero-order valence-corrected chi connectivity index (χ0v) is 33.9. The van der Waals surface area contributed by atoms with Crippen LogP contribution in [0.2, 0.25) is 0 Å². The van der Waals surface area contributed by atoms with Crippen LogP contribution in [0, 0.1) is 18.3 Å². The van der Waals surface area contributed by atoms with Crippen molar-refractivity contribution in [2.45, 2.75) is 139 Å². The fraction of sp³-hybridized carbons (Fsp3) is 0.634. The van der Waals surface area contributed by atoms with Crippen molar-refractivity contribution in [2.24, 2.45) is 11.3 Å². The predicted octanol–water partition coefficient (Wildman–Crippen LogP) is 6.10. The summed E-state index contributed by atoms with van der Waals surface area (Å²) in [6.45, 7) is 9.15. The van der Waals surface area contributed by atoms with Crippen LogP contribution < -0.4 is 20.1 Å². The predicted molar refractivity (Wildman–Crippen MR) is 206 cm³/mol. The molecule has 1 saturated heterocycles. The van der Waals surface area contributed by atoms with Gasteiger partial charge < -0.3 is 25.0 Å². The molecule has 57 heavy (non-hydrogen) atoms. The smallest absolute Gasteiger partial charge is 0.437 e. The fourth-order valence-corrected chi connectivity index (χ4v) is 9.25. The van der Waals surface area contributed by atoms with Crippen LogP contribution in [0.5, 0.6) is 5.75 Å². The molecule has 310 valence electrons. The van der Waals surface area contributed by atoms with Gasteiger partial charge in [-0.15, -0.1) is 0 Å². The maximum Gasteiger partial charge on any atom is 0.437 e. The van der Waals surface area contributed by atoms with Gasteiger partial charge in [-0.3, -0.25) is 19.1 Å². The van der Waals surface area contributed by atoms with Gasteiger partial charge in [0, 0.05) is 23.3 Å². The molecule has 3 aliphatic heterocycles. The Bertz CT molecular complexity index is 2030. The number of alkyl carbamates (subject to hydrolysis) is 1. The highest BCUT2D eigenvalue weighted by Crippen LogP contribution is 2.50. The minimum Gasteiger partial charge on any atom is -0.483 e. The lowest BCUT2D eigenvalue weighted by atomic mass is 9.86. The van der Waals surface area contributed by atoms with E-state index in [-0.39, 0.29) is 56.2 Å². The van der Waals surface area contributed by atoms with Crippen molar-refractivity contribution in [1.29, 1.82) is 0 Å². The van der Waals surface area contributed by atoms with Gasteiger partial charge in [0.25, 0.3) is 5.91 Å². The van der Waals surface area contributed by atoms with Gasteiger partial charge in [0.1, 0.15) is 34.2 Å². The van der Waals surface area contributed by atoms with E-state index >= 15 is 0 Å². The number of benzene rings is 1. The minimum absolute atomic E-state index is 0.0796. The van der Waals surface area contributed by atoms with E-state index in [1.807, 2.05) is 46.8 Å². The number of carbonyl (C=O) groups excluding carboxylic acids is 4. The monoisotopic (exact) mass is 815 g/mol. The molecule has 1 aromatic carbocycles. The molecule has 6 atom stereocenters. The van der Waals surface area contributed by atoms with Gasteiger partial charge >= 0.3 is 12.3 Å². The molecule has 3 fully saturated rings. The van der Waals surface area contributed by atoms with Gasteiger partial charge in [-0.1, -0.05) is 57.4 Å². The van der Waals surface area contributed by atoms with Crippen LogP contribution in [0.1, 0.15) is 109 Å². The molecule has 4 heterocycles. The van der Waals surface area contributed by atoms with Crippen molar-refractivity contribution in [3.8, 4) is 5.75 Å². The number of alkyl halides is 3. The van der Waals surface area contributed by atoms with E-state index in [0.29, 0.717) is 43.1 Å². The maximum atomic E-state index is 14.7. The molecule has 2 aromatic rings. The van der Waals surface area contributed by atoms with E-state index in [1.165, 1.54) is 4.90 Å². The van der Waals surface area contributed by atoms with Crippen LogP contribution in [0.4, 0.5) is 18.0 Å². The summed E-state index contributed by atoms with van der Waals surface area (Å²) < 4.78 is 71.2. The first-order valence-corrected chi connectivity index (χ1v) is 21.0. The van der Waals surface area contributed by atoms with Gasteiger partial charge in [-0.2, -0.15) is 13.2 Å². The Kier molecular flexibility index (Phi) is 10.7. The summed E-state index contributed by atoms with van der Waals surface area (Å²) in [5.74, 6) is -2.74. The Balaban J connectivity index is 1.25. The number of carbonyl (C=O) groups is 4. The largest absolute Gasteiger partial charge is 0.483 e. The summed E-state index contributed by atoms with van der Waals surface area (Å²) >= 11 is 0. The lowest BCUT2D eigenvalue weighted by Crippen LogP contribution is -2.58. The summed E-state index contributed by atoms with van der Waals surface area (Å²) in [4.78, 5) is 61.6. The van der Waals surface area contributed by atoms with Gasteiger partial charge in [0.2, 0.25) is 11.8 Å². The number of nitrogens with zero attached hydrogens (tertiary/aromatic N) is 2. The Morgan fingerprint density at radius 1 is 1.11 bits per heavy atom. The average molecular weight is 816 g/mol. The Hall–Kier alpha value is -4.21. The van der Waals surface area contributed by atoms with Crippen LogP contribution in [0.3, 0.4) is 0 Å². The van der Waals surface area contributed by atoms with Crippen molar-refractivity contribution in [3.63, 3.8) is 0 Å². The van der Waals surface area contributed by atoms with Crippen molar-refractivity contribution in [1.82, 2.24) is 25.2 Å². The van der Waals surface area contributed by atoms with E-state index in [9.17, 15) is 36.6 Å². The van der Waals surface area contributed by atoms with Crippen molar-refractivity contribution in [3.05, 3.63) is 47.2 Å². The zero-order chi connectivity index (χ0) is 41.1. The zero-order valence-electron chi connectivity index (χ0n) is 33.1. The summed E-state index contributed by atoms with van der Waals surface area (Å²) in [7, 11) is -1.69. The summed E-state index contributed by atoms with van der Waals surface area (Å²) in [6, 6.07) is 2.61. The first-order chi connectivity index (χ1) is 26.7. The van der Waals surface area contributed by atoms with Crippen LogP contribution in [-0.2, 0) is 42.7 Å². The molecule has 5 aliphatic rings. The number of hydrogen-bond donors (Lipinski definition) is 3. The molecule has 1 spiro atoms. The van der Waals surface area contributed by atoms with Crippen LogP contribution in [0.15, 0.2) is 30.4 Å². The molecule has 7 rings (SSSR count). The fourth-order valence-electron chi connectivity index (χ4n) is 8.18. The number of rotatable bonds is 5. The van der Waals surface area contributed by atoms with Crippen molar-refractivity contribution < 1.29 is 46.0 Å². The van der Waals surface area contributed by atoms with Crippen LogP contribution >= 0.6 is 0 Å². The third kappa shape index (κ3) is 8.52. The number of amides is 4. The molecule has 2 aliphatic carbocycles. The number of aryl methyl sites for hydroxylation is 2. The Morgan fingerprint density at radius 2 is 1.86 bits per heavy atom. The van der Waals surface area contributed by atoms with E-state index < -0.39 is 86.3 Å². The average Bonchev–Trinajstić information content (AvgIpc) is 4.02. The second-order valence-electron chi connectivity index (χ2n) is 18.1. The number of fused-ring (bicyclic) bond motifs is 5. The molecule has 12 nitrogen and oxygen atoms in total. The maximum absolute atomic E-state index is 14.7. The van der Waals surface area contributed by atoms with Crippen LogP contribution in [-0.4, -0.2) is 79.0 Å². The van der Waals surface area contributed by atoms with Gasteiger partial charge in [-0.25, -0.2) is 14.0 Å². The molecule has 4 amide bonds. The molecule has 0 radical (unpaired) electrons. The van der Waals surface area contributed by atoms with Crippen molar-refractivity contribution >= 4 is 45.7 Å². The highest BCUT2D eigenvalue weighted by Gasteiger charge is 2.63. The van der Waals surface area contributed by atoms with Gasteiger partial charge in [0.05, 0.1) is 23.4 Å². The third-order valence-electron chi connectivity index (χ3n) is 11.9. The van der Waals surface area contributed by atoms with E-state index in [4.69, 9.17) is 9.47 Å².